The maximum Gasteiger partial charge on any atom is 0.153 e. The molecule has 10 aromatic rings. The lowest BCUT2D eigenvalue weighted by molar-refractivity contribution is 0.584. The molecule has 7 heteroatoms. The number of pyridine rings is 2. The van der Waals surface area contributed by atoms with Crippen molar-refractivity contribution in [2.24, 2.45) is 0 Å². The topological polar surface area (TPSA) is 55.3 Å². The molecule has 0 saturated heterocycles. The number of hydrogen-bond acceptors (Lipinski definition) is 5. The lowest BCUT2D eigenvalue weighted by Gasteiger charge is -2.28. The van der Waals surface area contributed by atoms with E-state index in [2.05, 4.69) is 29.2 Å². The highest BCUT2D eigenvalue weighted by Gasteiger charge is 2.20. The minimum atomic E-state index is -0.646. The molecule has 6 aromatic carbocycles. The van der Waals surface area contributed by atoms with Gasteiger partial charge in [0.2, 0.25) is 0 Å². The summed E-state index contributed by atoms with van der Waals surface area (Å²) in [6.45, 7) is 0. The second kappa shape index (κ2) is 12.3. The van der Waals surface area contributed by atoms with Crippen molar-refractivity contribution in [3.8, 4) is 33.6 Å². The third-order valence-electron chi connectivity index (χ3n) is 9.65. The average Bonchev–Trinajstić information content (AvgIpc) is 3.76. The number of hydrogen-bond donors (Lipinski definition) is 0. The molecule has 53 heavy (non-hydrogen) atoms. The van der Waals surface area contributed by atoms with Gasteiger partial charge in [0.25, 0.3) is 0 Å². The van der Waals surface area contributed by atoms with E-state index in [-0.39, 0.29) is 0 Å². The van der Waals surface area contributed by atoms with Crippen molar-refractivity contribution in [1.82, 2.24) is 9.97 Å². The van der Waals surface area contributed by atoms with Crippen molar-refractivity contribution < 1.29 is 17.6 Å². The van der Waals surface area contributed by atoms with Crippen molar-refractivity contribution in [3.63, 3.8) is 0 Å². The van der Waals surface area contributed by atoms with E-state index in [0.29, 0.717) is 11.1 Å². The smallest absolute Gasteiger partial charge is 0.153 e. The molecular formula is C46H27F2N3O2. The normalized spacial score (nSPS) is 11.6. The largest absolute Gasteiger partial charge is 0.454 e. The van der Waals surface area contributed by atoms with Crippen molar-refractivity contribution in [2.45, 2.75) is 0 Å². The van der Waals surface area contributed by atoms with Gasteiger partial charge in [-0.2, -0.15) is 0 Å². The standard InChI is InChI=1S/C46H27F2N3O2/c47-31-19-30(20-32(48)23-31)35-13-1-4-16-42(35)51(33-11-7-9-28(21-33)40-24-38-36-14-2-5-17-43(36)52-45(38)26-49-40)34-12-8-10-29(22-34)41-25-39-37-15-3-6-18-44(37)53-46(39)27-50-41/h1-27H. The summed E-state index contributed by atoms with van der Waals surface area (Å²) in [5.41, 5.74) is 9.88. The van der Waals surface area contributed by atoms with Gasteiger partial charge in [0.15, 0.2) is 11.2 Å². The number of benzene rings is 6. The summed E-state index contributed by atoms with van der Waals surface area (Å²) in [6.07, 6.45) is 3.53. The van der Waals surface area contributed by atoms with E-state index < -0.39 is 11.6 Å². The molecule has 0 saturated carbocycles. The van der Waals surface area contributed by atoms with Crippen molar-refractivity contribution in [1.29, 1.82) is 0 Å². The van der Waals surface area contributed by atoms with Crippen LogP contribution in [0, 0.1) is 11.6 Å². The number of para-hydroxylation sites is 3. The Labute approximate surface area is 302 Å². The fourth-order valence-corrected chi connectivity index (χ4v) is 7.24. The van der Waals surface area contributed by atoms with Crippen LogP contribution in [0.4, 0.5) is 25.8 Å². The quantitative estimate of drug-likeness (QED) is 0.174. The van der Waals surface area contributed by atoms with Crippen LogP contribution in [0.25, 0.3) is 77.5 Å². The maximum atomic E-state index is 14.7. The third kappa shape index (κ3) is 5.38. The molecule has 0 fully saturated rings. The zero-order valence-corrected chi connectivity index (χ0v) is 28.0. The molecule has 0 aliphatic rings. The van der Waals surface area contributed by atoms with Crippen LogP contribution < -0.4 is 4.90 Å². The zero-order valence-electron chi connectivity index (χ0n) is 28.0. The first-order valence-corrected chi connectivity index (χ1v) is 17.2. The van der Waals surface area contributed by atoms with Gasteiger partial charge in [0, 0.05) is 55.7 Å². The Kier molecular flexibility index (Phi) is 7.11. The number of furan rings is 2. The maximum absolute atomic E-state index is 14.7. The molecule has 5 nitrogen and oxygen atoms in total. The van der Waals surface area contributed by atoms with Crippen LogP contribution in [0.15, 0.2) is 173 Å². The highest BCUT2D eigenvalue weighted by atomic mass is 19.1. The molecule has 4 heterocycles. The van der Waals surface area contributed by atoms with Crippen LogP contribution in [0.5, 0.6) is 0 Å². The van der Waals surface area contributed by atoms with Gasteiger partial charge in [-0.3, -0.25) is 9.97 Å². The molecular weight excluding hydrogens is 665 g/mol. The molecule has 0 bridgehead atoms. The van der Waals surface area contributed by atoms with E-state index in [1.807, 2.05) is 109 Å². The second-order valence-electron chi connectivity index (χ2n) is 12.9. The number of rotatable bonds is 6. The molecule has 0 amide bonds. The zero-order chi connectivity index (χ0) is 35.5. The number of aromatic nitrogens is 2. The molecule has 4 aromatic heterocycles. The summed E-state index contributed by atoms with van der Waals surface area (Å²) in [5.74, 6) is -1.29. The Hall–Kier alpha value is -7.12. The fraction of sp³-hybridized carbons (Fsp3) is 0. The highest BCUT2D eigenvalue weighted by Crippen LogP contribution is 2.43. The predicted octanol–water partition coefficient (Wildman–Crippen LogP) is 13.0. The van der Waals surface area contributed by atoms with Crippen LogP contribution in [0.3, 0.4) is 0 Å². The van der Waals surface area contributed by atoms with E-state index in [0.717, 1.165) is 89.5 Å². The molecule has 0 atom stereocenters. The van der Waals surface area contributed by atoms with Gasteiger partial charge in [-0.05, 0) is 72.3 Å². The van der Waals surface area contributed by atoms with Gasteiger partial charge in [-0.25, -0.2) is 8.78 Å². The first kappa shape index (κ1) is 30.7. The molecule has 0 aliphatic heterocycles. The first-order chi connectivity index (χ1) is 26.1. The second-order valence-corrected chi connectivity index (χ2v) is 12.9. The van der Waals surface area contributed by atoms with Gasteiger partial charge in [-0.15, -0.1) is 0 Å². The van der Waals surface area contributed by atoms with Crippen LogP contribution in [0.2, 0.25) is 0 Å². The van der Waals surface area contributed by atoms with E-state index in [1.54, 1.807) is 12.4 Å². The average molecular weight is 692 g/mol. The van der Waals surface area contributed by atoms with E-state index in [9.17, 15) is 8.78 Å². The summed E-state index contributed by atoms with van der Waals surface area (Å²) in [4.78, 5) is 11.7. The molecule has 10 rings (SSSR count). The van der Waals surface area contributed by atoms with Crippen LogP contribution in [-0.2, 0) is 0 Å². The van der Waals surface area contributed by atoms with E-state index >= 15 is 0 Å². The number of nitrogens with zero attached hydrogens (tertiary/aromatic N) is 3. The molecule has 0 N–H and O–H groups in total. The summed E-state index contributed by atoms with van der Waals surface area (Å²) >= 11 is 0. The Morgan fingerprint density at radius 3 is 1.49 bits per heavy atom. The molecule has 0 aliphatic carbocycles. The molecule has 0 radical (unpaired) electrons. The van der Waals surface area contributed by atoms with E-state index in [1.165, 1.54) is 12.1 Å². The Balaban J connectivity index is 1.15. The third-order valence-corrected chi connectivity index (χ3v) is 9.65. The Morgan fingerprint density at radius 2 is 0.925 bits per heavy atom. The number of halogens is 2. The summed E-state index contributed by atoms with van der Waals surface area (Å²) in [6, 6.07) is 47.5. The van der Waals surface area contributed by atoms with Gasteiger partial charge in [0.05, 0.1) is 29.5 Å². The van der Waals surface area contributed by atoms with Crippen molar-refractivity contribution in [2.75, 3.05) is 4.90 Å². The number of anilines is 3. The molecule has 0 unspecified atom stereocenters. The lowest BCUT2D eigenvalue weighted by atomic mass is 10.00. The van der Waals surface area contributed by atoms with Crippen LogP contribution >= 0.6 is 0 Å². The van der Waals surface area contributed by atoms with E-state index in [4.69, 9.17) is 18.8 Å². The minimum Gasteiger partial charge on any atom is -0.454 e. The van der Waals surface area contributed by atoms with Gasteiger partial charge >= 0.3 is 0 Å². The monoisotopic (exact) mass is 691 g/mol. The Morgan fingerprint density at radius 1 is 0.415 bits per heavy atom. The highest BCUT2D eigenvalue weighted by molar-refractivity contribution is 6.06. The van der Waals surface area contributed by atoms with Gasteiger partial charge < -0.3 is 13.7 Å². The van der Waals surface area contributed by atoms with Crippen molar-refractivity contribution >= 4 is 60.9 Å². The molecule has 252 valence electrons. The summed E-state index contributed by atoms with van der Waals surface area (Å²) in [5, 5.41) is 4.00. The predicted molar refractivity (Wildman–Crippen MR) is 207 cm³/mol. The minimum absolute atomic E-state index is 0.424. The van der Waals surface area contributed by atoms with Crippen LogP contribution in [0.1, 0.15) is 0 Å². The summed E-state index contributed by atoms with van der Waals surface area (Å²) < 4.78 is 41.4. The Bertz CT molecular complexity index is 2840. The first-order valence-electron chi connectivity index (χ1n) is 17.2. The van der Waals surface area contributed by atoms with Crippen LogP contribution in [-0.4, -0.2) is 9.97 Å². The summed E-state index contributed by atoms with van der Waals surface area (Å²) in [7, 11) is 0. The lowest BCUT2D eigenvalue weighted by Crippen LogP contribution is -2.11. The SMILES string of the molecule is Fc1cc(F)cc(-c2ccccc2N(c2cccc(-c3cc4c(cn3)oc3ccccc34)c2)c2cccc(-c3cc4c(cn3)oc3ccccc34)c2)c1. The molecule has 0 spiro atoms. The van der Waals surface area contributed by atoms with Gasteiger partial charge in [0.1, 0.15) is 22.8 Å². The van der Waals surface area contributed by atoms with Crippen molar-refractivity contribution in [3.05, 3.63) is 176 Å². The van der Waals surface area contributed by atoms with Gasteiger partial charge in [-0.1, -0.05) is 78.9 Å². The number of fused-ring (bicyclic) bond motifs is 6. The fourth-order valence-electron chi connectivity index (χ4n) is 7.24.